The van der Waals surface area contributed by atoms with Gasteiger partial charge in [-0.25, -0.2) is 4.79 Å². The Kier molecular flexibility index (Phi) is 11.5. The molecule has 0 radical (unpaired) electrons. The molecule has 8 nitrogen and oxygen atoms in total. The molecule has 2 aliphatic rings. The third kappa shape index (κ3) is 8.01. The van der Waals surface area contributed by atoms with Gasteiger partial charge in [0.05, 0.1) is 13.7 Å². The summed E-state index contributed by atoms with van der Waals surface area (Å²) in [5, 5.41) is 3.42. The molecule has 1 unspecified atom stereocenters. The van der Waals surface area contributed by atoms with Crippen molar-refractivity contribution in [2.24, 2.45) is 5.92 Å². The quantitative estimate of drug-likeness (QED) is 0.431. The number of piperidine rings is 1. The molecule has 2 aromatic carbocycles. The van der Waals surface area contributed by atoms with E-state index in [1.807, 2.05) is 48.5 Å². The van der Waals surface area contributed by atoms with Crippen LogP contribution in [-0.2, 0) is 20.7 Å². The first-order valence-corrected chi connectivity index (χ1v) is 13.3. The lowest BCUT2D eigenvalue weighted by atomic mass is 9.94. The van der Waals surface area contributed by atoms with Crippen LogP contribution in [-0.4, -0.2) is 75.9 Å². The molecule has 9 heteroatoms. The van der Waals surface area contributed by atoms with Gasteiger partial charge in [0.15, 0.2) is 6.61 Å². The van der Waals surface area contributed by atoms with Gasteiger partial charge in [0, 0.05) is 31.7 Å². The summed E-state index contributed by atoms with van der Waals surface area (Å²) in [7, 11) is 1.65. The maximum Gasteiger partial charge on any atom is 0.344 e. The molecule has 2 saturated heterocycles. The molecular weight excluding hydrogens is 506 g/mol. The SMILES string of the molecule is CCOC(=O)COc1ccc(N2CCN(CCC3CCNCC3)C(=O)C2Cc2ccc(OC)cc2)cc1.Cl. The number of ether oxygens (including phenoxy) is 3. The van der Waals surface area contributed by atoms with Crippen molar-refractivity contribution >= 4 is 30.0 Å². The van der Waals surface area contributed by atoms with Crippen LogP contribution in [0.15, 0.2) is 48.5 Å². The molecule has 0 spiro atoms. The van der Waals surface area contributed by atoms with Gasteiger partial charge < -0.3 is 29.3 Å². The first-order valence-electron chi connectivity index (χ1n) is 13.3. The molecule has 1 amide bonds. The van der Waals surface area contributed by atoms with E-state index in [2.05, 4.69) is 15.1 Å². The zero-order valence-electron chi connectivity index (χ0n) is 22.4. The second-order valence-corrected chi connectivity index (χ2v) is 9.66. The van der Waals surface area contributed by atoms with E-state index in [1.54, 1.807) is 14.0 Å². The fourth-order valence-corrected chi connectivity index (χ4v) is 5.14. The van der Waals surface area contributed by atoms with E-state index >= 15 is 0 Å². The molecule has 0 aromatic heterocycles. The number of esters is 1. The van der Waals surface area contributed by atoms with E-state index in [4.69, 9.17) is 14.2 Å². The number of amides is 1. The van der Waals surface area contributed by atoms with Crippen LogP contribution < -0.4 is 19.7 Å². The van der Waals surface area contributed by atoms with Crippen molar-refractivity contribution in [1.29, 1.82) is 0 Å². The summed E-state index contributed by atoms with van der Waals surface area (Å²) in [5.41, 5.74) is 2.06. The van der Waals surface area contributed by atoms with Crippen LogP contribution in [0.2, 0.25) is 0 Å². The summed E-state index contributed by atoms with van der Waals surface area (Å²) in [6.45, 7) is 6.42. The Balaban J connectivity index is 0.00000400. The van der Waals surface area contributed by atoms with Crippen molar-refractivity contribution in [2.75, 3.05) is 57.9 Å². The van der Waals surface area contributed by atoms with Gasteiger partial charge in [-0.15, -0.1) is 12.4 Å². The Hall–Kier alpha value is -2.97. The van der Waals surface area contributed by atoms with Crippen LogP contribution in [0.3, 0.4) is 0 Å². The molecule has 2 heterocycles. The predicted octanol–water partition coefficient (Wildman–Crippen LogP) is 3.71. The zero-order valence-corrected chi connectivity index (χ0v) is 23.2. The Bertz CT molecular complexity index is 1010. The van der Waals surface area contributed by atoms with Gasteiger partial charge >= 0.3 is 5.97 Å². The van der Waals surface area contributed by atoms with Crippen LogP contribution in [0.5, 0.6) is 11.5 Å². The number of carbonyl (C=O) groups is 2. The van der Waals surface area contributed by atoms with Crippen molar-refractivity contribution in [1.82, 2.24) is 10.2 Å². The number of nitrogens with one attached hydrogen (secondary N) is 1. The molecule has 4 rings (SSSR count). The Morgan fingerprint density at radius 1 is 1.00 bits per heavy atom. The van der Waals surface area contributed by atoms with Gasteiger partial charge in [0.2, 0.25) is 5.91 Å². The molecule has 2 aliphatic heterocycles. The number of anilines is 1. The highest BCUT2D eigenvalue weighted by atomic mass is 35.5. The van der Waals surface area contributed by atoms with Gasteiger partial charge in [-0.3, -0.25) is 4.79 Å². The largest absolute Gasteiger partial charge is 0.497 e. The minimum absolute atomic E-state index is 0. The number of benzene rings is 2. The van der Waals surface area contributed by atoms with E-state index < -0.39 is 5.97 Å². The number of hydrogen-bond donors (Lipinski definition) is 1. The summed E-state index contributed by atoms with van der Waals surface area (Å²) >= 11 is 0. The summed E-state index contributed by atoms with van der Waals surface area (Å²) in [6, 6.07) is 15.3. The molecule has 2 fully saturated rings. The summed E-state index contributed by atoms with van der Waals surface area (Å²) in [5.74, 6) is 1.87. The van der Waals surface area contributed by atoms with Crippen molar-refractivity contribution in [2.45, 2.75) is 38.6 Å². The van der Waals surface area contributed by atoms with E-state index in [0.717, 1.165) is 49.6 Å². The summed E-state index contributed by atoms with van der Waals surface area (Å²) in [6.07, 6.45) is 4.06. The number of methoxy groups -OCH3 is 1. The fourth-order valence-electron chi connectivity index (χ4n) is 5.14. The Labute approximate surface area is 232 Å². The lowest BCUT2D eigenvalue weighted by Gasteiger charge is -2.42. The molecule has 0 saturated carbocycles. The van der Waals surface area contributed by atoms with Crippen LogP contribution in [0, 0.1) is 5.92 Å². The van der Waals surface area contributed by atoms with Crippen LogP contribution in [0.4, 0.5) is 5.69 Å². The minimum Gasteiger partial charge on any atom is -0.497 e. The smallest absolute Gasteiger partial charge is 0.344 e. The molecule has 1 N–H and O–H groups in total. The van der Waals surface area contributed by atoms with E-state index in [1.165, 1.54) is 12.8 Å². The van der Waals surface area contributed by atoms with E-state index in [9.17, 15) is 9.59 Å². The maximum atomic E-state index is 13.8. The van der Waals surface area contributed by atoms with Gasteiger partial charge in [0.25, 0.3) is 0 Å². The van der Waals surface area contributed by atoms with Gasteiger partial charge in [0.1, 0.15) is 17.5 Å². The fraction of sp³-hybridized carbons (Fsp3) is 0.517. The maximum absolute atomic E-state index is 13.8. The first kappa shape index (κ1) is 29.6. The molecule has 208 valence electrons. The lowest BCUT2D eigenvalue weighted by molar-refractivity contribution is -0.145. The van der Waals surface area contributed by atoms with E-state index in [-0.39, 0.29) is 31.0 Å². The normalized spacial score (nSPS) is 18.1. The van der Waals surface area contributed by atoms with Gasteiger partial charge in [-0.2, -0.15) is 0 Å². The second kappa shape index (κ2) is 14.8. The van der Waals surface area contributed by atoms with Crippen LogP contribution in [0.25, 0.3) is 0 Å². The van der Waals surface area contributed by atoms with Gasteiger partial charge in [-0.05, 0) is 87.2 Å². The highest BCUT2D eigenvalue weighted by Crippen LogP contribution is 2.27. The first-order chi connectivity index (χ1) is 18.1. The molecule has 0 bridgehead atoms. The monoisotopic (exact) mass is 545 g/mol. The van der Waals surface area contributed by atoms with Crippen molar-refractivity contribution in [3.05, 3.63) is 54.1 Å². The topological polar surface area (TPSA) is 80.3 Å². The molecule has 2 aromatic rings. The number of piperazine rings is 1. The summed E-state index contributed by atoms with van der Waals surface area (Å²) in [4.78, 5) is 29.6. The molecule has 1 atom stereocenters. The number of halogens is 1. The highest BCUT2D eigenvalue weighted by Gasteiger charge is 2.35. The van der Waals surface area contributed by atoms with E-state index in [0.29, 0.717) is 31.2 Å². The van der Waals surface area contributed by atoms with Crippen molar-refractivity contribution < 1.29 is 23.8 Å². The molecule has 0 aliphatic carbocycles. The highest BCUT2D eigenvalue weighted by molar-refractivity contribution is 5.87. The number of nitrogens with zero attached hydrogens (tertiary/aromatic N) is 2. The summed E-state index contributed by atoms with van der Waals surface area (Å²) < 4.78 is 15.8. The molecular formula is C29H40ClN3O5. The standard InChI is InChI=1S/C29H39N3O5.ClH/c1-3-36-28(33)21-37-26-10-6-24(7-11-26)32-19-18-31(17-14-22-12-15-30-16-13-22)29(34)27(32)20-23-4-8-25(35-2)9-5-23;/h4-11,22,27,30H,3,12-21H2,1-2H3;1H. The van der Waals surface area contributed by atoms with Crippen molar-refractivity contribution in [3.8, 4) is 11.5 Å². The average molecular weight is 546 g/mol. The number of hydrogen-bond acceptors (Lipinski definition) is 7. The predicted molar refractivity (Wildman–Crippen MR) is 150 cm³/mol. The van der Waals surface area contributed by atoms with Crippen molar-refractivity contribution in [3.63, 3.8) is 0 Å². The number of carbonyl (C=O) groups excluding carboxylic acids is 2. The van der Waals surface area contributed by atoms with Crippen LogP contribution >= 0.6 is 12.4 Å². The third-order valence-corrected chi connectivity index (χ3v) is 7.27. The van der Waals surface area contributed by atoms with Gasteiger partial charge in [-0.1, -0.05) is 12.1 Å². The number of rotatable bonds is 11. The zero-order chi connectivity index (χ0) is 26.0. The Morgan fingerprint density at radius 3 is 2.34 bits per heavy atom. The second-order valence-electron chi connectivity index (χ2n) is 9.66. The lowest BCUT2D eigenvalue weighted by Crippen LogP contribution is -2.58. The van der Waals surface area contributed by atoms with Crippen LogP contribution in [0.1, 0.15) is 31.7 Å². The average Bonchev–Trinajstić information content (AvgIpc) is 2.94. The minimum atomic E-state index is -0.391. The molecule has 38 heavy (non-hydrogen) atoms. The third-order valence-electron chi connectivity index (χ3n) is 7.27. The Morgan fingerprint density at radius 2 is 1.68 bits per heavy atom.